The number of methoxy groups -OCH3 is 2. The summed E-state index contributed by atoms with van der Waals surface area (Å²) < 4.78 is 16.1. The van der Waals surface area contributed by atoms with Gasteiger partial charge < -0.3 is 19.9 Å². The minimum atomic E-state index is -0.195. The minimum Gasteiger partial charge on any atom is -0.497 e. The van der Waals surface area contributed by atoms with Gasteiger partial charge in [-0.3, -0.25) is 0 Å². The quantitative estimate of drug-likeness (QED) is 0.811. The van der Waals surface area contributed by atoms with E-state index in [0.29, 0.717) is 6.61 Å². The van der Waals surface area contributed by atoms with Gasteiger partial charge in [0.25, 0.3) is 0 Å². The average molecular weight is 253 g/mol. The maximum atomic E-state index is 6.12. The molecule has 0 heterocycles. The molecular weight excluding hydrogens is 230 g/mol. The molecule has 2 N–H and O–H groups in total. The predicted molar refractivity (Wildman–Crippen MR) is 72.2 cm³/mol. The molecule has 0 amide bonds. The fourth-order valence-electron chi connectivity index (χ4n) is 1.60. The highest BCUT2D eigenvalue weighted by molar-refractivity contribution is 5.42. The highest BCUT2D eigenvalue weighted by atomic mass is 16.5. The van der Waals surface area contributed by atoms with Gasteiger partial charge in [0.05, 0.1) is 33.0 Å². The summed E-state index contributed by atoms with van der Waals surface area (Å²) in [6.07, 6.45) is 1.20. The Kier molecular flexibility index (Phi) is 5.95. The Hall–Kier alpha value is -1.26. The zero-order chi connectivity index (χ0) is 13.5. The summed E-state index contributed by atoms with van der Waals surface area (Å²) in [7, 11) is 3.25. The highest BCUT2D eigenvalue weighted by Gasteiger charge is 2.14. The second-order valence-electron chi connectivity index (χ2n) is 4.27. The van der Waals surface area contributed by atoms with Gasteiger partial charge in [-0.2, -0.15) is 0 Å². The third-order valence-corrected chi connectivity index (χ3v) is 2.98. The topological polar surface area (TPSA) is 53.7 Å². The van der Waals surface area contributed by atoms with E-state index in [1.165, 1.54) is 0 Å². The summed E-state index contributed by atoms with van der Waals surface area (Å²) >= 11 is 0. The molecule has 0 saturated heterocycles. The van der Waals surface area contributed by atoms with E-state index < -0.39 is 0 Å². The average Bonchev–Trinajstić information content (AvgIpc) is 2.43. The van der Waals surface area contributed by atoms with Gasteiger partial charge in [-0.15, -0.1) is 0 Å². The van der Waals surface area contributed by atoms with Crippen LogP contribution >= 0.6 is 0 Å². The summed E-state index contributed by atoms with van der Waals surface area (Å²) in [4.78, 5) is 0. The molecule has 0 radical (unpaired) electrons. The summed E-state index contributed by atoms with van der Waals surface area (Å²) in [6, 6.07) is 5.43. The van der Waals surface area contributed by atoms with Crippen LogP contribution in [0.3, 0.4) is 0 Å². The molecule has 0 aliphatic heterocycles. The van der Waals surface area contributed by atoms with E-state index in [9.17, 15) is 0 Å². The smallest absolute Gasteiger partial charge is 0.127 e. The third kappa shape index (κ3) is 3.89. The lowest BCUT2D eigenvalue weighted by molar-refractivity contribution is 0.0535. The first-order chi connectivity index (χ1) is 8.62. The molecule has 4 nitrogen and oxygen atoms in total. The number of nitrogens with two attached hydrogens (primary N) is 1. The molecule has 102 valence electrons. The van der Waals surface area contributed by atoms with E-state index in [2.05, 4.69) is 6.92 Å². The van der Waals surface area contributed by atoms with Crippen molar-refractivity contribution in [1.29, 1.82) is 0 Å². The fourth-order valence-corrected chi connectivity index (χ4v) is 1.60. The molecule has 0 aliphatic carbocycles. The van der Waals surface area contributed by atoms with Gasteiger partial charge >= 0.3 is 0 Å². The maximum Gasteiger partial charge on any atom is 0.127 e. The van der Waals surface area contributed by atoms with Gasteiger partial charge in [-0.25, -0.2) is 0 Å². The van der Waals surface area contributed by atoms with Crippen LogP contribution in [-0.2, 0) is 4.74 Å². The van der Waals surface area contributed by atoms with Gasteiger partial charge in [0.2, 0.25) is 0 Å². The monoisotopic (exact) mass is 253 g/mol. The Labute approximate surface area is 109 Å². The Morgan fingerprint density at radius 2 is 1.94 bits per heavy atom. The van der Waals surface area contributed by atoms with Gasteiger partial charge in [0.15, 0.2) is 0 Å². The van der Waals surface area contributed by atoms with Crippen LogP contribution in [0.2, 0.25) is 0 Å². The lowest BCUT2D eigenvalue weighted by Gasteiger charge is -2.18. The van der Waals surface area contributed by atoms with E-state index >= 15 is 0 Å². The van der Waals surface area contributed by atoms with Crippen LogP contribution < -0.4 is 15.2 Å². The van der Waals surface area contributed by atoms with Gasteiger partial charge in [-0.05, 0) is 25.5 Å². The van der Waals surface area contributed by atoms with E-state index in [1.54, 1.807) is 14.2 Å². The summed E-state index contributed by atoms with van der Waals surface area (Å²) in [6.45, 7) is 4.61. The summed E-state index contributed by atoms with van der Waals surface area (Å²) in [5.74, 6) is 1.49. The first-order valence-electron chi connectivity index (χ1n) is 6.21. The lowest BCUT2D eigenvalue weighted by Crippen LogP contribution is -2.21. The Balaban J connectivity index is 2.75. The first-order valence-corrected chi connectivity index (χ1v) is 6.21. The van der Waals surface area contributed by atoms with E-state index in [1.807, 2.05) is 25.1 Å². The molecule has 1 aromatic carbocycles. The summed E-state index contributed by atoms with van der Waals surface area (Å²) in [5, 5.41) is 0. The van der Waals surface area contributed by atoms with Crippen molar-refractivity contribution in [2.45, 2.75) is 32.4 Å². The molecule has 2 atom stereocenters. The second kappa shape index (κ2) is 7.24. The van der Waals surface area contributed by atoms with E-state index in [4.69, 9.17) is 19.9 Å². The van der Waals surface area contributed by atoms with Crippen molar-refractivity contribution >= 4 is 0 Å². The fraction of sp³-hybridized carbons (Fsp3) is 0.571. The van der Waals surface area contributed by atoms with Crippen molar-refractivity contribution in [1.82, 2.24) is 0 Å². The van der Waals surface area contributed by atoms with Crippen LogP contribution in [0.1, 0.15) is 31.9 Å². The molecule has 4 heteroatoms. The SMILES string of the molecule is CCC(C)OCC(N)c1ccc(OC)cc1OC. The number of hydrogen-bond acceptors (Lipinski definition) is 4. The predicted octanol–water partition coefficient (Wildman–Crippen LogP) is 2.52. The molecule has 2 unspecified atom stereocenters. The molecule has 18 heavy (non-hydrogen) atoms. The molecule has 1 rings (SSSR count). The van der Waals surface area contributed by atoms with Crippen molar-refractivity contribution < 1.29 is 14.2 Å². The summed E-state index contributed by atoms with van der Waals surface area (Å²) in [5.41, 5.74) is 7.05. The number of ether oxygens (including phenoxy) is 3. The normalized spacial score (nSPS) is 14.1. The first kappa shape index (κ1) is 14.8. The Morgan fingerprint density at radius 3 is 2.50 bits per heavy atom. The van der Waals surface area contributed by atoms with Crippen molar-refractivity contribution in [3.05, 3.63) is 23.8 Å². The van der Waals surface area contributed by atoms with E-state index in [0.717, 1.165) is 23.5 Å². The van der Waals surface area contributed by atoms with Crippen molar-refractivity contribution in [2.75, 3.05) is 20.8 Å². The van der Waals surface area contributed by atoms with Gasteiger partial charge in [0.1, 0.15) is 11.5 Å². The third-order valence-electron chi connectivity index (χ3n) is 2.98. The van der Waals surface area contributed by atoms with Crippen LogP contribution in [-0.4, -0.2) is 26.9 Å². The number of hydrogen-bond donors (Lipinski definition) is 1. The molecule has 0 spiro atoms. The number of rotatable bonds is 7. The Morgan fingerprint density at radius 1 is 1.22 bits per heavy atom. The molecule has 0 aliphatic rings. The van der Waals surface area contributed by atoms with E-state index in [-0.39, 0.29) is 12.1 Å². The van der Waals surface area contributed by atoms with Gasteiger partial charge in [0, 0.05) is 11.6 Å². The standard InChI is InChI=1S/C14H23NO3/c1-5-10(2)18-9-13(15)12-7-6-11(16-3)8-14(12)17-4/h6-8,10,13H,5,9,15H2,1-4H3. The second-order valence-corrected chi connectivity index (χ2v) is 4.27. The van der Waals surface area contributed by atoms with Crippen molar-refractivity contribution in [3.63, 3.8) is 0 Å². The molecule has 0 saturated carbocycles. The van der Waals surface area contributed by atoms with Crippen molar-refractivity contribution in [2.24, 2.45) is 5.73 Å². The molecule has 0 fully saturated rings. The highest BCUT2D eigenvalue weighted by Crippen LogP contribution is 2.28. The van der Waals surface area contributed by atoms with Crippen LogP contribution in [0, 0.1) is 0 Å². The van der Waals surface area contributed by atoms with Crippen LogP contribution in [0.5, 0.6) is 11.5 Å². The molecule has 0 aromatic heterocycles. The number of benzene rings is 1. The molecule has 0 bridgehead atoms. The van der Waals surface area contributed by atoms with Crippen molar-refractivity contribution in [3.8, 4) is 11.5 Å². The Bertz CT molecular complexity index is 368. The maximum absolute atomic E-state index is 6.12. The lowest BCUT2D eigenvalue weighted by atomic mass is 10.1. The zero-order valence-corrected chi connectivity index (χ0v) is 11.6. The van der Waals surface area contributed by atoms with Gasteiger partial charge in [-0.1, -0.05) is 6.92 Å². The van der Waals surface area contributed by atoms with Crippen LogP contribution in [0.4, 0.5) is 0 Å². The minimum absolute atomic E-state index is 0.195. The molecular formula is C14H23NO3. The van der Waals surface area contributed by atoms with Crippen LogP contribution in [0.15, 0.2) is 18.2 Å². The largest absolute Gasteiger partial charge is 0.497 e. The zero-order valence-electron chi connectivity index (χ0n) is 11.6. The molecule has 1 aromatic rings. The van der Waals surface area contributed by atoms with Crippen LogP contribution in [0.25, 0.3) is 0 Å².